The molecule has 0 aliphatic carbocycles. The van der Waals surface area contributed by atoms with E-state index in [2.05, 4.69) is 10.3 Å². The molecule has 0 aliphatic rings. The van der Waals surface area contributed by atoms with Crippen LogP contribution in [0.5, 0.6) is 0 Å². The van der Waals surface area contributed by atoms with Crippen molar-refractivity contribution in [2.24, 2.45) is 0 Å². The van der Waals surface area contributed by atoms with Gasteiger partial charge < -0.3 is 10.6 Å². The summed E-state index contributed by atoms with van der Waals surface area (Å²) in [5.41, 5.74) is 0.312. The van der Waals surface area contributed by atoms with Crippen LogP contribution in [0.1, 0.15) is 5.56 Å². The molecule has 0 aliphatic heterocycles. The summed E-state index contributed by atoms with van der Waals surface area (Å²) in [4.78, 5) is 27.0. The van der Waals surface area contributed by atoms with Crippen molar-refractivity contribution in [3.63, 3.8) is 0 Å². The third-order valence-electron chi connectivity index (χ3n) is 2.56. The molecule has 0 bridgehead atoms. The van der Waals surface area contributed by atoms with Crippen molar-refractivity contribution in [2.75, 3.05) is 5.32 Å². The van der Waals surface area contributed by atoms with Gasteiger partial charge in [0.25, 0.3) is 0 Å². The minimum Gasteiger partial charge on any atom is -0.344 e. The van der Waals surface area contributed by atoms with E-state index in [-0.39, 0.29) is 6.54 Å². The Balaban J connectivity index is 1.94. The molecule has 1 aromatic carbocycles. The van der Waals surface area contributed by atoms with E-state index in [1.165, 1.54) is 6.20 Å². The minimum atomic E-state index is -1.08. The van der Waals surface area contributed by atoms with Crippen LogP contribution in [0.4, 0.5) is 14.5 Å². The van der Waals surface area contributed by atoms with Gasteiger partial charge in [-0.25, -0.2) is 8.78 Å². The van der Waals surface area contributed by atoms with E-state index in [9.17, 15) is 18.4 Å². The standard InChI is InChI=1S/C14H11F2N3O2/c15-10-3-4-11(16)12(6-10)19-14(21)13(20)18-8-9-2-1-5-17-7-9/h1-7H,8H2,(H,18,20)(H,19,21). The van der Waals surface area contributed by atoms with Crippen LogP contribution in [0, 0.1) is 11.6 Å². The van der Waals surface area contributed by atoms with Gasteiger partial charge in [-0.15, -0.1) is 0 Å². The van der Waals surface area contributed by atoms with Crippen molar-refractivity contribution in [1.82, 2.24) is 10.3 Å². The highest BCUT2D eigenvalue weighted by Crippen LogP contribution is 2.14. The molecule has 0 saturated heterocycles. The highest BCUT2D eigenvalue weighted by Gasteiger charge is 2.15. The van der Waals surface area contributed by atoms with Crippen LogP contribution in [0.15, 0.2) is 42.7 Å². The number of anilines is 1. The molecular formula is C14H11F2N3O2. The Morgan fingerprint density at radius 1 is 1.14 bits per heavy atom. The summed E-state index contributed by atoms with van der Waals surface area (Å²) in [7, 11) is 0. The van der Waals surface area contributed by atoms with Crippen molar-refractivity contribution in [3.05, 3.63) is 59.9 Å². The van der Waals surface area contributed by atoms with Gasteiger partial charge in [-0.3, -0.25) is 14.6 Å². The van der Waals surface area contributed by atoms with Crippen LogP contribution in [-0.4, -0.2) is 16.8 Å². The predicted octanol–water partition coefficient (Wildman–Crippen LogP) is 1.61. The number of rotatable bonds is 3. The molecule has 0 saturated carbocycles. The molecule has 108 valence electrons. The monoisotopic (exact) mass is 291 g/mol. The summed E-state index contributed by atoms with van der Waals surface area (Å²) in [6.45, 7) is 0.103. The first-order valence-electron chi connectivity index (χ1n) is 5.99. The third kappa shape index (κ3) is 4.07. The highest BCUT2D eigenvalue weighted by atomic mass is 19.1. The van der Waals surface area contributed by atoms with E-state index in [4.69, 9.17) is 0 Å². The maximum absolute atomic E-state index is 13.3. The molecule has 2 aromatic rings. The lowest BCUT2D eigenvalue weighted by molar-refractivity contribution is -0.136. The molecule has 2 amide bonds. The summed E-state index contributed by atoms with van der Waals surface area (Å²) in [5, 5.41) is 4.35. The molecule has 1 heterocycles. The van der Waals surface area contributed by atoms with Crippen LogP contribution >= 0.6 is 0 Å². The largest absolute Gasteiger partial charge is 0.344 e. The molecule has 5 nitrogen and oxygen atoms in total. The summed E-state index contributed by atoms with van der Waals surface area (Å²) >= 11 is 0. The van der Waals surface area contributed by atoms with E-state index in [0.29, 0.717) is 5.56 Å². The van der Waals surface area contributed by atoms with Crippen molar-refractivity contribution in [2.45, 2.75) is 6.54 Å². The Morgan fingerprint density at radius 3 is 2.67 bits per heavy atom. The first-order valence-corrected chi connectivity index (χ1v) is 5.99. The fourth-order valence-electron chi connectivity index (χ4n) is 1.54. The number of pyridine rings is 1. The lowest BCUT2D eigenvalue weighted by atomic mass is 10.3. The Kier molecular flexibility index (Phi) is 4.55. The van der Waals surface area contributed by atoms with Gasteiger partial charge in [-0.05, 0) is 23.8 Å². The molecule has 0 fully saturated rings. The van der Waals surface area contributed by atoms with Crippen molar-refractivity contribution >= 4 is 17.5 Å². The van der Waals surface area contributed by atoms with Crippen molar-refractivity contribution < 1.29 is 18.4 Å². The minimum absolute atomic E-state index is 0.103. The second kappa shape index (κ2) is 6.56. The average molecular weight is 291 g/mol. The van der Waals surface area contributed by atoms with E-state index >= 15 is 0 Å². The molecule has 2 N–H and O–H groups in total. The molecule has 0 radical (unpaired) electrons. The Bertz CT molecular complexity index is 663. The predicted molar refractivity (Wildman–Crippen MR) is 71.1 cm³/mol. The van der Waals surface area contributed by atoms with Crippen LogP contribution in [-0.2, 0) is 16.1 Å². The first kappa shape index (κ1) is 14.6. The number of halogens is 2. The van der Waals surface area contributed by atoms with Gasteiger partial charge in [0.1, 0.15) is 11.6 Å². The molecule has 0 atom stereocenters. The smallest absolute Gasteiger partial charge is 0.313 e. The number of amides is 2. The number of carbonyl (C=O) groups excluding carboxylic acids is 2. The lowest BCUT2D eigenvalue weighted by Gasteiger charge is -2.07. The van der Waals surface area contributed by atoms with Gasteiger partial charge in [-0.2, -0.15) is 0 Å². The van der Waals surface area contributed by atoms with Gasteiger partial charge in [0, 0.05) is 25.0 Å². The van der Waals surface area contributed by atoms with E-state index in [1.54, 1.807) is 18.3 Å². The molecule has 0 spiro atoms. The summed E-state index contributed by atoms with van der Waals surface area (Å²) < 4.78 is 26.3. The molecule has 0 unspecified atom stereocenters. The number of hydrogen-bond acceptors (Lipinski definition) is 3. The third-order valence-corrected chi connectivity index (χ3v) is 2.56. The maximum Gasteiger partial charge on any atom is 0.313 e. The van der Waals surface area contributed by atoms with Gasteiger partial charge in [0.05, 0.1) is 5.69 Å². The van der Waals surface area contributed by atoms with Gasteiger partial charge in [-0.1, -0.05) is 6.07 Å². The Hall–Kier alpha value is -2.83. The van der Waals surface area contributed by atoms with E-state index in [1.807, 2.05) is 5.32 Å². The summed E-state index contributed by atoms with van der Waals surface area (Å²) in [6.07, 6.45) is 3.11. The zero-order valence-electron chi connectivity index (χ0n) is 10.8. The topological polar surface area (TPSA) is 71.1 Å². The van der Waals surface area contributed by atoms with E-state index in [0.717, 1.165) is 18.2 Å². The molecule has 1 aromatic heterocycles. The zero-order valence-corrected chi connectivity index (χ0v) is 10.8. The molecular weight excluding hydrogens is 280 g/mol. The molecule has 7 heteroatoms. The number of carbonyl (C=O) groups is 2. The Labute approximate surface area is 119 Å². The fraction of sp³-hybridized carbons (Fsp3) is 0.0714. The average Bonchev–Trinajstić information content (AvgIpc) is 2.49. The van der Waals surface area contributed by atoms with E-state index < -0.39 is 29.1 Å². The number of benzene rings is 1. The Morgan fingerprint density at radius 2 is 1.95 bits per heavy atom. The molecule has 2 rings (SSSR count). The summed E-state index contributed by atoms with van der Waals surface area (Å²) in [5.74, 6) is -3.59. The first-order chi connectivity index (χ1) is 10.1. The fourth-order valence-corrected chi connectivity index (χ4v) is 1.54. The van der Waals surface area contributed by atoms with Gasteiger partial charge in [0.15, 0.2) is 0 Å². The van der Waals surface area contributed by atoms with Crippen LogP contribution in [0.25, 0.3) is 0 Å². The SMILES string of the molecule is O=C(NCc1cccnc1)C(=O)Nc1cc(F)ccc1F. The second-order valence-corrected chi connectivity index (χ2v) is 4.12. The van der Waals surface area contributed by atoms with Crippen LogP contribution in [0.2, 0.25) is 0 Å². The number of aromatic nitrogens is 1. The zero-order chi connectivity index (χ0) is 15.2. The normalized spacial score (nSPS) is 10.0. The van der Waals surface area contributed by atoms with Crippen molar-refractivity contribution in [1.29, 1.82) is 0 Å². The van der Waals surface area contributed by atoms with Gasteiger partial charge >= 0.3 is 11.8 Å². The summed E-state index contributed by atoms with van der Waals surface area (Å²) in [6, 6.07) is 5.97. The number of hydrogen-bond donors (Lipinski definition) is 2. The van der Waals surface area contributed by atoms with Crippen molar-refractivity contribution in [3.8, 4) is 0 Å². The molecule has 21 heavy (non-hydrogen) atoms. The van der Waals surface area contributed by atoms with Crippen LogP contribution < -0.4 is 10.6 Å². The lowest BCUT2D eigenvalue weighted by Crippen LogP contribution is -2.35. The number of nitrogens with one attached hydrogen (secondary N) is 2. The van der Waals surface area contributed by atoms with Gasteiger partial charge in [0.2, 0.25) is 0 Å². The number of nitrogens with zero attached hydrogens (tertiary/aromatic N) is 1. The maximum atomic E-state index is 13.3. The highest BCUT2D eigenvalue weighted by molar-refractivity contribution is 6.39. The quantitative estimate of drug-likeness (QED) is 0.844. The van der Waals surface area contributed by atoms with Crippen LogP contribution in [0.3, 0.4) is 0 Å². The second-order valence-electron chi connectivity index (χ2n) is 4.12.